The van der Waals surface area contributed by atoms with Gasteiger partial charge in [-0.05, 0) is 42.0 Å². The first-order valence-corrected chi connectivity index (χ1v) is 8.85. The number of benzene rings is 3. The standard InChI is InChI=1S/C22H22N2O5/c1-13(16-11-19(27-2)21(29-4)20(12-16)28-3)23-24-22(26)17-9-14-7-5-6-8-15(14)10-18(17)25/h5-12,25H,1-4H3,(H,24,26)/b23-13+. The van der Waals surface area contributed by atoms with E-state index in [-0.39, 0.29) is 11.3 Å². The number of nitrogens with zero attached hydrogens (tertiary/aromatic N) is 1. The quantitative estimate of drug-likeness (QED) is 0.491. The van der Waals surface area contributed by atoms with Gasteiger partial charge in [-0.1, -0.05) is 24.3 Å². The van der Waals surface area contributed by atoms with E-state index < -0.39 is 5.91 Å². The zero-order valence-electron chi connectivity index (χ0n) is 16.6. The van der Waals surface area contributed by atoms with E-state index in [0.717, 1.165) is 10.8 Å². The van der Waals surface area contributed by atoms with Gasteiger partial charge in [0.1, 0.15) is 5.75 Å². The predicted octanol–water partition coefficient (Wildman–Crippen LogP) is 3.73. The molecule has 0 atom stereocenters. The third kappa shape index (κ3) is 4.08. The van der Waals surface area contributed by atoms with Gasteiger partial charge in [-0.2, -0.15) is 5.10 Å². The van der Waals surface area contributed by atoms with E-state index in [1.165, 1.54) is 21.3 Å². The Morgan fingerprint density at radius 3 is 2.07 bits per heavy atom. The zero-order valence-corrected chi connectivity index (χ0v) is 16.6. The van der Waals surface area contributed by atoms with Gasteiger partial charge in [0.15, 0.2) is 11.5 Å². The summed E-state index contributed by atoms with van der Waals surface area (Å²) >= 11 is 0. The van der Waals surface area contributed by atoms with Crippen molar-refractivity contribution in [2.75, 3.05) is 21.3 Å². The van der Waals surface area contributed by atoms with Gasteiger partial charge in [0.05, 0.1) is 32.6 Å². The summed E-state index contributed by atoms with van der Waals surface area (Å²) in [4.78, 5) is 12.5. The third-order valence-electron chi connectivity index (χ3n) is 4.52. The molecule has 0 heterocycles. The molecule has 0 radical (unpaired) electrons. The molecule has 3 aromatic rings. The number of methoxy groups -OCH3 is 3. The average molecular weight is 394 g/mol. The minimum absolute atomic E-state index is 0.109. The number of hydrogen-bond donors (Lipinski definition) is 2. The van der Waals surface area contributed by atoms with Crippen molar-refractivity contribution in [2.45, 2.75) is 6.92 Å². The molecule has 150 valence electrons. The number of fused-ring (bicyclic) bond motifs is 1. The zero-order chi connectivity index (χ0) is 21.0. The number of hydrazone groups is 1. The van der Waals surface area contributed by atoms with Crippen molar-refractivity contribution < 1.29 is 24.1 Å². The topological polar surface area (TPSA) is 89.4 Å². The van der Waals surface area contributed by atoms with Crippen LogP contribution >= 0.6 is 0 Å². The Bertz CT molecular complexity index is 1070. The molecule has 0 unspecified atom stereocenters. The SMILES string of the molecule is COc1cc(/C(C)=N/NC(=O)c2cc3ccccc3cc2O)cc(OC)c1OC. The largest absolute Gasteiger partial charge is 0.507 e. The van der Waals surface area contributed by atoms with E-state index in [2.05, 4.69) is 10.5 Å². The number of hydrogen-bond acceptors (Lipinski definition) is 6. The minimum atomic E-state index is -0.514. The summed E-state index contributed by atoms with van der Waals surface area (Å²) < 4.78 is 16.0. The van der Waals surface area contributed by atoms with E-state index >= 15 is 0 Å². The number of phenolic OH excluding ortho intramolecular Hbond substituents is 1. The summed E-state index contributed by atoms with van der Waals surface area (Å²) in [5.74, 6) is 0.809. The Kier molecular flexibility index (Phi) is 5.87. The van der Waals surface area contributed by atoms with E-state index in [0.29, 0.717) is 28.5 Å². The Morgan fingerprint density at radius 2 is 1.52 bits per heavy atom. The molecule has 0 aliphatic rings. The summed E-state index contributed by atoms with van der Waals surface area (Å²) in [6.07, 6.45) is 0. The first-order chi connectivity index (χ1) is 14.0. The van der Waals surface area contributed by atoms with Gasteiger partial charge in [0.25, 0.3) is 5.91 Å². The highest BCUT2D eigenvalue weighted by Crippen LogP contribution is 2.38. The molecule has 1 amide bonds. The molecule has 0 saturated carbocycles. The van der Waals surface area contributed by atoms with E-state index in [1.807, 2.05) is 24.3 Å². The highest BCUT2D eigenvalue weighted by Gasteiger charge is 2.15. The van der Waals surface area contributed by atoms with Crippen LogP contribution in [0.4, 0.5) is 0 Å². The van der Waals surface area contributed by atoms with Crippen molar-refractivity contribution in [1.82, 2.24) is 5.43 Å². The van der Waals surface area contributed by atoms with Crippen LogP contribution in [-0.4, -0.2) is 38.1 Å². The van der Waals surface area contributed by atoms with Crippen molar-refractivity contribution >= 4 is 22.4 Å². The normalized spacial score (nSPS) is 11.2. The average Bonchev–Trinajstić information content (AvgIpc) is 2.75. The summed E-state index contributed by atoms with van der Waals surface area (Å²) in [6.45, 7) is 1.74. The highest BCUT2D eigenvalue weighted by molar-refractivity contribution is 6.04. The Morgan fingerprint density at radius 1 is 0.931 bits per heavy atom. The first-order valence-electron chi connectivity index (χ1n) is 8.85. The van der Waals surface area contributed by atoms with E-state index in [4.69, 9.17) is 14.2 Å². The molecule has 0 spiro atoms. The van der Waals surface area contributed by atoms with Crippen LogP contribution in [0.25, 0.3) is 10.8 Å². The lowest BCUT2D eigenvalue weighted by atomic mass is 10.1. The van der Waals surface area contributed by atoms with Gasteiger partial charge in [0, 0.05) is 5.56 Å². The molecule has 7 heteroatoms. The maximum Gasteiger partial charge on any atom is 0.275 e. The fourth-order valence-corrected chi connectivity index (χ4v) is 2.96. The van der Waals surface area contributed by atoms with Crippen LogP contribution in [0.2, 0.25) is 0 Å². The minimum Gasteiger partial charge on any atom is -0.507 e. The number of rotatable bonds is 6. The molecule has 0 aliphatic heterocycles. The lowest BCUT2D eigenvalue weighted by molar-refractivity contribution is 0.0952. The van der Waals surface area contributed by atoms with Crippen molar-refractivity contribution in [3.05, 3.63) is 59.7 Å². The molecular weight excluding hydrogens is 372 g/mol. The lowest BCUT2D eigenvalue weighted by Crippen LogP contribution is -2.19. The van der Waals surface area contributed by atoms with Gasteiger partial charge in [-0.15, -0.1) is 0 Å². The number of carbonyl (C=O) groups is 1. The second-order valence-electron chi connectivity index (χ2n) is 6.27. The molecule has 0 fully saturated rings. The Labute approximate surface area is 168 Å². The van der Waals surface area contributed by atoms with E-state index in [1.54, 1.807) is 31.2 Å². The van der Waals surface area contributed by atoms with Crippen LogP contribution in [0, 0.1) is 0 Å². The second-order valence-corrected chi connectivity index (χ2v) is 6.27. The van der Waals surface area contributed by atoms with Gasteiger partial charge in [-0.3, -0.25) is 4.79 Å². The van der Waals surface area contributed by atoms with Gasteiger partial charge in [-0.25, -0.2) is 5.43 Å². The van der Waals surface area contributed by atoms with Crippen molar-refractivity contribution in [2.24, 2.45) is 5.10 Å². The molecule has 7 nitrogen and oxygen atoms in total. The molecule has 0 aromatic heterocycles. The van der Waals surface area contributed by atoms with Crippen LogP contribution in [0.1, 0.15) is 22.8 Å². The molecule has 0 aliphatic carbocycles. The lowest BCUT2D eigenvalue weighted by Gasteiger charge is -2.14. The fourth-order valence-electron chi connectivity index (χ4n) is 2.96. The molecule has 0 saturated heterocycles. The van der Waals surface area contributed by atoms with Gasteiger partial charge < -0.3 is 19.3 Å². The number of carbonyl (C=O) groups excluding carboxylic acids is 1. The second kappa shape index (κ2) is 8.52. The predicted molar refractivity (Wildman–Crippen MR) is 111 cm³/mol. The number of ether oxygens (including phenoxy) is 3. The maximum absolute atomic E-state index is 12.5. The van der Waals surface area contributed by atoms with Crippen LogP contribution in [-0.2, 0) is 0 Å². The molecular formula is C22H22N2O5. The highest BCUT2D eigenvalue weighted by atomic mass is 16.5. The molecule has 3 aromatic carbocycles. The van der Waals surface area contributed by atoms with Crippen LogP contribution in [0.15, 0.2) is 53.6 Å². The smallest absolute Gasteiger partial charge is 0.275 e. The summed E-state index contributed by atoms with van der Waals surface area (Å²) in [5.41, 5.74) is 3.83. The Balaban J connectivity index is 1.88. The number of nitrogens with one attached hydrogen (secondary N) is 1. The van der Waals surface area contributed by atoms with Crippen molar-refractivity contribution in [3.63, 3.8) is 0 Å². The number of amides is 1. The summed E-state index contributed by atoms with van der Waals surface area (Å²) in [6, 6.07) is 14.1. The Hall–Kier alpha value is -3.74. The maximum atomic E-state index is 12.5. The first kappa shape index (κ1) is 20.0. The van der Waals surface area contributed by atoms with Crippen LogP contribution in [0.3, 0.4) is 0 Å². The van der Waals surface area contributed by atoms with E-state index in [9.17, 15) is 9.90 Å². The van der Waals surface area contributed by atoms with Crippen LogP contribution in [0.5, 0.6) is 23.0 Å². The third-order valence-corrected chi connectivity index (χ3v) is 4.52. The molecule has 29 heavy (non-hydrogen) atoms. The van der Waals surface area contributed by atoms with Gasteiger partial charge >= 0.3 is 0 Å². The van der Waals surface area contributed by atoms with Crippen LogP contribution < -0.4 is 19.6 Å². The summed E-state index contributed by atoms with van der Waals surface area (Å²) in [7, 11) is 4.58. The number of aromatic hydroxyl groups is 1. The van der Waals surface area contributed by atoms with Crippen molar-refractivity contribution in [1.29, 1.82) is 0 Å². The van der Waals surface area contributed by atoms with Crippen molar-refractivity contribution in [3.8, 4) is 23.0 Å². The number of phenols is 1. The molecule has 2 N–H and O–H groups in total. The van der Waals surface area contributed by atoms with Gasteiger partial charge in [0.2, 0.25) is 5.75 Å². The molecule has 3 rings (SSSR count). The molecule has 0 bridgehead atoms. The summed E-state index contributed by atoms with van der Waals surface area (Å²) in [5, 5.41) is 16.0. The monoisotopic (exact) mass is 394 g/mol. The fraction of sp³-hybridized carbons (Fsp3) is 0.182.